The average molecular weight is 306 g/mol. The van der Waals surface area contributed by atoms with Crippen LogP contribution < -0.4 is 0 Å². The van der Waals surface area contributed by atoms with Gasteiger partial charge in [0.05, 0.1) is 11.0 Å². The van der Waals surface area contributed by atoms with Crippen molar-refractivity contribution in [1.29, 1.82) is 0 Å². The van der Waals surface area contributed by atoms with E-state index in [9.17, 15) is 24.5 Å². The van der Waals surface area contributed by atoms with Gasteiger partial charge in [-0.2, -0.15) is 0 Å². The number of hydrogen-bond donors (Lipinski definition) is 0. The van der Waals surface area contributed by atoms with Gasteiger partial charge in [0.25, 0.3) is 11.6 Å². The number of amides is 2. The van der Waals surface area contributed by atoms with Gasteiger partial charge < -0.3 is 4.79 Å². The van der Waals surface area contributed by atoms with Crippen LogP contribution in [0, 0.1) is 23.0 Å². The number of rotatable bonds is 5. The van der Waals surface area contributed by atoms with Crippen molar-refractivity contribution < 1.29 is 19.3 Å². The fraction of sp³-hybridized carbons (Fsp3) is 0.400. The van der Waals surface area contributed by atoms with Crippen LogP contribution in [0.15, 0.2) is 18.2 Å². The Morgan fingerprint density at radius 2 is 1.91 bits per heavy atom. The first-order valence-corrected chi connectivity index (χ1v) is 6.75. The lowest BCUT2D eigenvalue weighted by molar-refractivity contribution is -0.384. The maximum absolute atomic E-state index is 12.6. The van der Waals surface area contributed by atoms with Crippen molar-refractivity contribution >= 4 is 23.8 Å². The minimum Gasteiger partial charge on any atom is -0.301 e. The fourth-order valence-electron chi connectivity index (χ4n) is 2.09. The second-order valence-corrected chi connectivity index (χ2v) is 5.32. The number of nitro groups is 1. The third-order valence-electron chi connectivity index (χ3n) is 3.34. The van der Waals surface area contributed by atoms with Crippen LogP contribution in [0.1, 0.15) is 36.7 Å². The van der Waals surface area contributed by atoms with E-state index in [-0.39, 0.29) is 17.2 Å². The predicted octanol–water partition coefficient (Wildman–Crippen LogP) is 2.12. The number of carbonyl (C=O) groups is 3. The summed E-state index contributed by atoms with van der Waals surface area (Å²) < 4.78 is 0. The third kappa shape index (κ3) is 3.55. The normalized spacial score (nSPS) is 11.9. The van der Waals surface area contributed by atoms with Crippen molar-refractivity contribution in [2.75, 3.05) is 0 Å². The number of carbonyl (C=O) groups excluding carboxylic acids is 3. The summed E-state index contributed by atoms with van der Waals surface area (Å²) in [6.07, 6.45) is 0.538. The Bertz CT molecular complexity index is 624. The van der Waals surface area contributed by atoms with Gasteiger partial charge in [-0.1, -0.05) is 19.9 Å². The number of aryl methyl sites for hydroxylation is 1. The molecule has 0 spiro atoms. The van der Waals surface area contributed by atoms with E-state index in [4.69, 9.17) is 0 Å². The Morgan fingerprint density at radius 1 is 1.32 bits per heavy atom. The van der Waals surface area contributed by atoms with E-state index < -0.39 is 22.8 Å². The number of non-ortho nitro benzene ring substituents is 1. The lowest BCUT2D eigenvalue weighted by Gasteiger charge is -2.28. The van der Waals surface area contributed by atoms with Crippen LogP contribution >= 0.6 is 0 Å². The first-order valence-electron chi connectivity index (χ1n) is 6.75. The molecule has 2 amide bonds. The number of benzene rings is 1. The monoisotopic (exact) mass is 306 g/mol. The Kier molecular flexibility index (Phi) is 5.50. The van der Waals surface area contributed by atoms with E-state index in [1.807, 2.05) is 0 Å². The van der Waals surface area contributed by atoms with E-state index in [2.05, 4.69) is 0 Å². The molecule has 1 unspecified atom stereocenters. The molecular weight excluding hydrogens is 288 g/mol. The zero-order chi connectivity index (χ0) is 17.0. The zero-order valence-electron chi connectivity index (χ0n) is 12.9. The molecule has 0 bridgehead atoms. The maximum Gasteiger partial charge on any atom is 0.270 e. The number of hydrogen-bond acceptors (Lipinski definition) is 5. The SMILES string of the molecule is CC(=O)N(C(=O)c1cc([N+](=O)[O-])ccc1C)C(C=O)C(C)C. The standard InChI is InChI=1S/C15H18N2O5/c1-9(2)14(8-18)16(11(4)19)15(20)13-7-12(17(21)22)6-5-10(13)3/h5-9,14H,1-4H3. The highest BCUT2D eigenvalue weighted by atomic mass is 16.6. The molecule has 0 aromatic heterocycles. The molecule has 0 fully saturated rings. The molecule has 0 saturated heterocycles. The highest BCUT2D eigenvalue weighted by Crippen LogP contribution is 2.21. The molecule has 0 saturated carbocycles. The van der Waals surface area contributed by atoms with Crippen molar-refractivity contribution in [2.45, 2.75) is 33.7 Å². The molecule has 1 rings (SSSR count). The Hall–Kier alpha value is -2.57. The summed E-state index contributed by atoms with van der Waals surface area (Å²) in [5, 5.41) is 10.8. The molecule has 0 aliphatic carbocycles. The van der Waals surface area contributed by atoms with Crippen molar-refractivity contribution in [3.8, 4) is 0 Å². The number of nitro benzene ring substituents is 1. The summed E-state index contributed by atoms with van der Waals surface area (Å²) in [5.74, 6) is -1.55. The van der Waals surface area contributed by atoms with Crippen molar-refractivity contribution in [3.05, 3.63) is 39.4 Å². The van der Waals surface area contributed by atoms with Gasteiger partial charge in [-0.05, 0) is 18.4 Å². The molecule has 0 radical (unpaired) electrons. The highest BCUT2D eigenvalue weighted by molar-refractivity contribution is 6.06. The second kappa shape index (κ2) is 6.93. The van der Waals surface area contributed by atoms with Crippen LogP contribution in [0.3, 0.4) is 0 Å². The minimum atomic E-state index is -0.913. The lowest BCUT2D eigenvalue weighted by Crippen LogP contribution is -2.47. The molecular formula is C15H18N2O5. The first kappa shape index (κ1) is 17.5. The largest absolute Gasteiger partial charge is 0.301 e. The van der Waals surface area contributed by atoms with E-state index in [0.717, 1.165) is 11.0 Å². The Labute approximate surface area is 128 Å². The highest BCUT2D eigenvalue weighted by Gasteiger charge is 2.31. The first-order chi connectivity index (χ1) is 10.2. The number of nitrogens with zero attached hydrogens (tertiary/aromatic N) is 2. The smallest absolute Gasteiger partial charge is 0.270 e. The molecule has 0 aliphatic heterocycles. The Balaban J connectivity index is 3.37. The molecule has 1 atom stereocenters. The van der Waals surface area contributed by atoms with E-state index >= 15 is 0 Å². The fourth-order valence-corrected chi connectivity index (χ4v) is 2.09. The summed E-state index contributed by atoms with van der Waals surface area (Å²) in [4.78, 5) is 46.7. The van der Waals surface area contributed by atoms with Crippen LogP contribution in [0.2, 0.25) is 0 Å². The van der Waals surface area contributed by atoms with Crippen molar-refractivity contribution in [1.82, 2.24) is 4.90 Å². The van der Waals surface area contributed by atoms with Crippen LogP contribution in [-0.4, -0.2) is 34.0 Å². The average Bonchev–Trinajstić information content (AvgIpc) is 2.43. The molecule has 0 aliphatic rings. The van der Waals surface area contributed by atoms with E-state index in [1.54, 1.807) is 20.8 Å². The molecule has 7 nitrogen and oxygen atoms in total. The number of aldehydes is 1. The van der Waals surface area contributed by atoms with Crippen LogP contribution in [0.5, 0.6) is 0 Å². The maximum atomic E-state index is 12.6. The van der Waals surface area contributed by atoms with Gasteiger partial charge in [-0.3, -0.25) is 24.6 Å². The molecule has 0 N–H and O–H groups in total. The van der Waals surface area contributed by atoms with Crippen molar-refractivity contribution in [3.63, 3.8) is 0 Å². The summed E-state index contributed by atoms with van der Waals surface area (Å²) in [5.41, 5.74) is 0.289. The van der Waals surface area contributed by atoms with Crippen molar-refractivity contribution in [2.24, 2.45) is 5.92 Å². The summed E-state index contributed by atoms with van der Waals surface area (Å²) >= 11 is 0. The molecule has 7 heteroatoms. The predicted molar refractivity (Wildman–Crippen MR) is 79.4 cm³/mol. The lowest BCUT2D eigenvalue weighted by atomic mass is 10.0. The quantitative estimate of drug-likeness (QED) is 0.471. The topological polar surface area (TPSA) is 97.6 Å². The van der Waals surface area contributed by atoms with Gasteiger partial charge in [0.15, 0.2) is 0 Å². The third-order valence-corrected chi connectivity index (χ3v) is 3.34. The summed E-state index contributed by atoms with van der Waals surface area (Å²) in [7, 11) is 0. The molecule has 1 aromatic carbocycles. The minimum absolute atomic E-state index is 0.0388. The van der Waals surface area contributed by atoms with Gasteiger partial charge in [-0.15, -0.1) is 0 Å². The molecule has 118 valence electrons. The van der Waals surface area contributed by atoms with Gasteiger partial charge in [0.1, 0.15) is 6.29 Å². The van der Waals surface area contributed by atoms with Crippen LogP contribution in [0.25, 0.3) is 0 Å². The zero-order valence-corrected chi connectivity index (χ0v) is 12.9. The van der Waals surface area contributed by atoms with Crippen LogP contribution in [0.4, 0.5) is 5.69 Å². The van der Waals surface area contributed by atoms with Crippen LogP contribution in [-0.2, 0) is 9.59 Å². The molecule has 0 heterocycles. The van der Waals surface area contributed by atoms with E-state index in [1.165, 1.54) is 19.1 Å². The van der Waals surface area contributed by atoms with Gasteiger partial charge >= 0.3 is 0 Å². The summed E-state index contributed by atoms with van der Waals surface area (Å²) in [6.45, 7) is 6.22. The second-order valence-electron chi connectivity index (χ2n) is 5.32. The van der Waals surface area contributed by atoms with E-state index in [0.29, 0.717) is 11.8 Å². The van der Waals surface area contributed by atoms with Gasteiger partial charge in [0.2, 0.25) is 5.91 Å². The Morgan fingerprint density at radius 3 is 2.32 bits per heavy atom. The molecule has 1 aromatic rings. The molecule has 22 heavy (non-hydrogen) atoms. The van der Waals surface area contributed by atoms with Gasteiger partial charge in [-0.25, -0.2) is 0 Å². The van der Waals surface area contributed by atoms with Gasteiger partial charge in [0, 0.05) is 24.6 Å². The summed E-state index contributed by atoms with van der Waals surface area (Å²) in [6, 6.07) is 2.93. The number of imide groups is 1.